The number of alkyl carbamates (subject to hydrolysis) is 1. The molecule has 2 N–H and O–H groups in total. The molecular formula is C18H26F2N2O4. The van der Waals surface area contributed by atoms with Crippen LogP contribution < -0.4 is 15.4 Å². The molecule has 0 bridgehead atoms. The third-order valence-corrected chi connectivity index (χ3v) is 3.23. The van der Waals surface area contributed by atoms with Gasteiger partial charge in [0, 0.05) is 13.0 Å². The molecule has 1 rings (SSSR count). The fourth-order valence-electron chi connectivity index (χ4n) is 2.09. The maximum absolute atomic E-state index is 12.1. The Morgan fingerprint density at radius 3 is 2.31 bits per heavy atom. The fraction of sp³-hybridized carbons (Fsp3) is 0.556. The van der Waals surface area contributed by atoms with Crippen LogP contribution >= 0.6 is 0 Å². The second kappa shape index (κ2) is 9.94. The molecule has 0 saturated heterocycles. The smallest absolute Gasteiger partial charge is 0.407 e. The number of nitrogens with one attached hydrogen (secondary N) is 2. The number of benzene rings is 1. The maximum Gasteiger partial charge on any atom is 0.407 e. The van der Waals surface area contributed by atoms with E-state index in [1.165, 1.54) is 12.1 Å². The molecule has 0 saturated carbocycles. The Bertz CT molecular complexity index is 586. The average Bonchev–Trinajstić information content (AvgIpc) is 2.50. The van der Waals surface area contributed by atoms with Crippen molar-refractivity contribution in [1.29, 1.82) is 0 Å². The molecule has 1 atom stereocenters. The van der Waals surface area contributed by atoms with Gasteiger partial charge in [-0.3, -0.25) is 4.79 Å². The molecule has 26 heavy (non-hydrogen) atoms. The summed E-state index contributed by atoms with van der Waals surface area (Å²) in [6.45, 7) is 4.57. The van der Waals surface area contributed by atoms with E-state index in [0.29, 0.717) is 13.0 Å². The summed E-state index contributed by atoms with van der Waals surface area (Å²) in [7, 11) is 0. The van der Waals surface area contributed by atoms with Gasteiger partial charge in [-0.1, -0.05) is 12.1 Å². The number of rotatable bonds is 8. The van der Waals surface area contributed by atoms with E-state index >= 15 is 0 Å². The Labute approximate surface area is 152 Å². The van der Waals surface area contributed by atoms with Crippen molar-refractivity contribution in [3.63, 3.8) is 0 Å². The predicted molar refractivity (Wildman–Crippen MR) is 93.1 cm³/mol. The second-order valence-corrected chi connectivity index (χ2v) is 6.77. The van der Waals surface area contributed by atoms with Crippen LogP contribution in [0.4, 0.5) is 13.6 Å². The van der Waals surface area contributed by atoms with Crippen LogP contribution in [0, 0.1) is 0 Å². The molecule has 6 nitrogen and oxygen atoms in total. The Kier molecular flexibility index (Phi) is 8.28. The van der Waals surface area contributed by atoms with E-state index in [1.807, 2.05) is 0 Å². The minimum absolute atomic E-state index is 0.0653. The van der Waals surface area contributed by atoms with Crippen molar-refractivity contribution in [2.75, 3.05) is 6.54 Å². The van der Waals surface area contributed by atoms with Gasteiger partial charge in [0.1, 0.15) is 11.4 Å². The Morgan fingerprint density at radius 1 is 1.15 bits per heavy atom. The first kappa shape index (κ1) is 21.7. The van der Waals surface area contributed by atoms with Gasteiger partial charge in [0.15, 0.2) is 0 Å². The largest absolute Gasteiger partial charge is 0.444 e. The molecule has 0 heterocycles. The average molecular weight is 372 g/mol. The van der Waals surface area contributed by atoms with E-state index in [9.17, 15) is 18.4 Å². The summed E-state index contributed by atoms with van der Waals surface area (Å²) in [5, 5.41) is 5.40. The number of hydrogen-bond acceptors (Lipinski definition) is 4. The van der Waals surface area contributed by atoms with Crippen molar-refractivity contribution in [2.24, 2.45) is 0 Å². The molecule has 0 aromatic heterocycles. The van der Waals surface area contributed by atoms with Crippen molar-refractivity contribution in [2.45, 2.75) is 58.8 Å². The molecule has 1 unspecified atom stereocenters. The highest BCUT2D eigenvalue weighted by molar-refractivity contribution is 5.76. The first-order chi connectivity index (χ1) is 12.1. The predicted octanol–water partition coefficient (Wildman–Crippen LogP) is 3.77. The summed E-state index contributed by atoms with van der Waals surface area (Å²) in [5.74, 6) is -0.105. The Morgan fingerprint density at radius 2 is 1.77 bits per heavy atom. The molecule has 0 aliphatic rings. The number of ether oxygens (including phenoxy) is 2. The van der Waals surface area contributed by atoms with Crippen molar-refractivity contribution in [3.05, 3.63) is 29.8 Å². The highest BCUT2D eigenvalue weighted by Crippen LogP contribution is 2.19. The Balaban J connectivity index is 2.31. The molecule has 0 fully saturated rings. The fourth-order valence-corrected chi connectivity index (χ4v) is 2.09. The van der Waals surface area contributed by atoms with Crippen LogP contribution in [-0.2, 0) is 9.53 Å². The van der Waals surface area contributed by atoms with Crippen LogP contribution in [0.5, 0.6) is 5.75 Å². The minimum Gasteiger partial charge on any atom is -0.444 e. The van der Waals surface area contributed by atoms with E-state index in [1.54, 1.807) is 39.8 Å². The van der Waals surface area contributed by atoms with Crippen LogP contribution in [0.3, 0.4) is 0 Å². The van der Waals surface area contributed by atoms with Crippen molar-refractivity contribution in [3.8, 4) is 5.75 Å². The van der Waals surface area contributed by atoms with Gasteiger partial charge in [0.05, 0.1) is 6.04 Å². The van der Waals surface area contributed by atoms with E-state index < -0.39 is 18.3 Å². The number of halogens is 2. The van der Waals surface area contributed by atoms with Crippen molar-refractivity contribution in [1.82, 2.24) is 10.6 Å². The summed E-state index contributed by atoms with van der Waals surface area (Å²) in [5.41, 5.74) is 0.208. The molecule has 1 aromatic rings. The van der Waals surface area contributed by atoms with E-state index in [4.69, 9.17) is 4.74 Å². The number of alkyl halides is 2. The van der Waals surface area contributed by atoms with E-state index in [2.05, 4.69) is 15.4 Å². The first-order valence-electron chi connectivity index (χ1n) is 8.38. The zero-order chi connectivity index (χ0) is 19.7. The van der Waals surface area contributed by atoms with Crippen LogP contribution in [0.25, 0.3) is 0 Å². The van der Waals surface area contributed by atoms with Gasteiger partial charge in [-0.15, -0.1) is 0 Å². The molecule has 1 aromatic carbocycles. The van der Waals surface area contributed by atoms with Gasteiger partial charge >= 0.3 is 12.7 Å². The highest BCUT2D eigenvalue weighted by Gasteiger charge is 2.16. The van der Waals surface area contributed by atoms with E-state index in [0.717, 1.165) is 5.56 Å². The lowest BCUT2D eigenvalue weighted by Gasteiger charge is -2.19. The summed E-state index contributed by atoms with van der Waals surface area (Å²) < 4.78 is 33.6. The third kappa shape index (κ3) is 9.19. The number of amides is 2. The SMILES string of the molecule is CC(NC(=O)CCCNC(=O)OC(C)(C)C)c1ccc(OC(F)F)cc1. The van der Waals surface area contributed by atoms with Gasteiger partial charge in [-0.05, 0) is 51.8 Å². The molecule has 0 radical (unpaired) electrons. The Hall–Kier alpha value is -2.38. The minimum atomic E-state index is -2.87. The van der Waals surface area contributed by atoms with E-state index in [-0.39, 0.29) is 24.1 Å². The lowest BCUT2D eigenvalue weighted by atomic mass is 10.1. The monoisotopic (exact) mass is 372 g/mol. The zero-order valence-electron chi connectivity index (χ0n) is 15.5. The maximum atomic E-state index is 12.1. The molecule has 2 amide bonds. The molecule has 0 aliphatic carbocycles. The van der Waals surface area contributed by atoms with Gasteiger partial charge in [-0.2, -0.15) is 8.78 Å². The van der Waals surface area contributed by atoms with Crippen LogP contribution in [0.15, 0.2) is 24.3 Å². The second-order valence-electron chi connectivity index (χ2n) is 6.77. The third-order valence-electron chi connectivity index (χ3n) is 3.23. The number of carbonyl (C=O) groups is 2. The quantitative estimate of drug-likeness (QED) is 0.681. The van der Waals surface area contributed by atoms with Gasteiger partial charge < -0.3 is 20.1 Å². The number of carbonyl (C=O) groups excluding carboxylic acids is 2. The highest BCUT2D eigenvalue weighted by atomic mass is 19.3. The van der Waals surface area contributed by atoms with Crippen molar-refractivity contribution < 1.29 is 27.8 Å². The molecule has 0 aliphatic heterocycles. The van der Waals surface area contributed by atoms with Crippen LogP contribution in [-0.4, -0.2) is 30.8 Å². The molecule has 0 spiro atoms. The van der Waals surface area contributed by atoms with Crippen LogP contribution in [0.2, 0.25) is 0 Å². The topological polar surface area (TPSA) is 76.7 Å². The zero-order valence-corrected chi connectivity index (χ0v) is 15.5. The summed E-state index contributed by atoms with van der Waals surface area (Å²) in [6, 6.07) is 5.81. The lowest BCUT2D eigenvalue weighted by Crippen LogP contribution is -2.33. The lowest BCUT2D eigenvalue weighted by molar-refractivity contribution is -0.121. The van der Waals surface area contributed by atoms with Crippen LogP contribution in [0.1, 0.15) is 52.1 Å². The van der Waals surface area contributed by atoms with Crippen molar-refractivity contribution >= 4 is 12.0 Å². The van der Waals surface area contributed by atoms with Gasteiger partial charge in [0.25, 0.3) is 0 Å². The van der Waals surface area contributed by atoms with Gasteiger partial charge in [-0.25, -0.2) is 4.79 Å². The standard InChI is InChI=1S/C18H26F2N2O4/c1-12(13-7-9-14(10-8-13)25-16(19)20)22-15(23)6-5-11-21-17(24)26-18(2,3)4/h7-10,12,16H,5-6,11H2,1-4H3,(H,21,24)(H,22,23). The summed E-state index contributed by atoms with van der Waals surface area (Å²) >= 11 is 0. The number of hydrogen-bond donors (Lipinski definition) is 2. The normalized spacial score (nSPS) is 12.4. The summed E-state index contributed by atoms with van der Waals surface area (Å²) in [6.07, 6.45) is 0.198. The molecule has 8 heteroatoms. The first-order valence-corrected chi connectivity index (χ1v) is 8.38. The molecule has 146 valence electrons. The van der Waals surface area contributed by atoms with Gasteiger partial charge in [0.2, 0.25) is 5.91 Å². The molecular weight excluding hydrogens is 346 g/mol. The summed E-state index contributed by atoms with van der Waals surface area (Å²) in [4.78, 5) is 23.4.